The smallest absolute Gasteiger partial charge is 0.410 e. The Morgan fingerprint density at radius 2 is 1.76 bits per heavy atom. The summed E-state index contributed by atoms with van der Waals surface area (Å²) in [5.74, 6) is 0.984. The quantitative estimate of drug-likeness (QED) is 0.146. The van der Waals surface area contributed by atoms with Gasteiger partial charge in [0.05, 0.1) is 47.9 Å². The SMILES string of the molecule is COc1nc(-c2cccc(-c3ccnc(-c4cc(OC)c5nc(CN6CC7(CNC(=O)C7)C6)cn5c4)c3Cl)c2Cl)ccc1CN(C[C@@H]1CCC(=O)N1)C(=O)OC(C)(C)C. The highest BCUT2D eigenvalue weighted by molar-refractivity contribution is 6.39. The predicted molar refractivity (Wildman–Crippen MR) is 223 cm³/mol. The lowest BCUT2D eigenvalue weighted by atomic mass is 9.79. The second-order valence-electron chi connectivity index (χ2n) is 16.6. The molecule has 0 aliphatic carbocycles. The molecule has 4 aromatic heterocycles. The average molecular weight is 842 g/mol. The summed E-state index contributed by atoms with van der Waals surface area (Å²) in [6.45, 7) is 8.96. The van der Waals surface area contributed by atoms with Gasteiger partial charge in [0, 0.05) is 103 Å². The van der Waals surface area contributed by atoms with Crippen molar-refractivity contribution in [2.24, 2.45) is 5.41 Å². The maximum absolute atomic E-state index is 13.3. The minimum atomic E-state index is -0.707. The number of carbonyl (C=O) groups is 3. The van der Waals surface area contributed by atoms with Crippen LogP contribution in [0.25, 0.3) is 39.3 Å². The first-order chi connectivity index (χ1) is 28.2. The molecule has 3 saturated heterocycles. The Morgan fingerprint density at radius 3 is 2.46 bits per heavy atom. The fourth-order valence-electron chi connectivity index (χ4n) is 8.22. The molecule has 0 radical (unpaired) electrons. The number of ether oxygens (including phenoxy) is 3. The van der Waals surface area contributed by atoms with Gasteiger partial charge in [-0.3, -0.25) is 19.5 Å². The molecule has 2 N–H and O–H groups in total. The van der Waals surface area contributed by atoms with Crippen molar-refractivity contribution in [3.05, 3.63) is 82.4 Å². The van der Waals surface area contributed by atoms with Crippen LogP contribution in [0.15, 0.2) is 61.1 Å². The Kier molecular flexibility index (Phi) is 10.9. The van der Waals surface area contributed by atoms with Crippen molar-refractivity contribution in [3.8, 4) is 45.3 Å². The maximum atomic E-state index is 13.3. The normalized spacial score (nSPS) is 17.5. The Hall–Kier alpha value is -5.44. The first-order valence-electron chi connectivity index (χ1n) is 19.5. The van der Waals surface area contributed by atoms with E-state index in [4.69, 9.17) is 47.4 Å². The molecule has 308 valence electrons. The number of carbonyl (C=O) groups excluding carboxylic acids is 3. The van der Waals surface area contributed by atoms with Gasteiger partial charge in [0.2, 0.25) is 17.7 Å². The van der Waals surface area contributed by atoms with Gasteiger partial charge in [-0.25, -0.2) is 14.8 Å². The van der Waals surface area contributed by atoms with E-state index in [2.05, 4.69) is 20.5 Å². The largest absolute Gasteiger partial charge is 0.493 e. The van der Waals surface area contributed by atoms with Gasteiger partial charge in [-0.05, 0) is 51.5 Å². The Morgan fingerprint density at radius 1 is 0.983 bits per heavy atom. The van der Waals surface area contributed by atoms with Crippen LogP contribution >= 0.6 is 23.2 Å². The number of nitrogens with zero attached hydrogens (tertiary/aromatic N) is 6. The summed E-state index contributed by atoms with van der Waals surface area (Å²) in [4.78, 5) is 55.3. The highest BCUT2D eigenvalue weighted by atomic mass is 35.5. The van der Waals surface area contributed by atoms with Crippen LogP contribution in [0.2, 0.25) is 10.0 Å². The van der Waals surface area contributed by atoms with Crippen LogP contribution in [0, 0.1) is 5.41 Å². The standard InChI is InChI=1S/C43H46Cl2N8O6/c1-42(2,3)59-41(56)53(20-27-10-12-34(54)48-27)17-25-9-11-32(50-40(25)58-5)31-8-6-7-29(36(31)44)30-13-14-46-38(37(30)45)26-15-33(57-4)39-49-28(21-52(39)18-26)19-51-23-43(24-51)16-35(55)47-22-43/h6-9,11,13-15,18,21,27H,10,12,16-17,19-20,22-24H2,1-5H3,(H,47,55)(H,48,54)/t27-/m0/s1. The second-order valence-corrected chi connectivity index (χ2v) is 17.3. The summed E-state index contributed by atoms with van der Waals surface area (Å²) in [6.07, 6.45) is 6.74. The van der Waals surface area contributed by atoms with E-state index in [1.54, 1.807) is 18.2 Å². The van der Waals surface area contributed by atoms with Gasteiger partial charge in [-0.2, -0.15) is 0 Å². The Labute approximate surface area is 352 Å². The number of aromatic nitrogens is 4. The molecular weight excluding hydrogens is 795 g/mol. The molecule has 59 heavy (non-hydrogen) atoms. The van der Waals surface area contributed by atoms with Crippen molar-refractivity contribution in [2.45, 2.75) is 64.8 Å². The zero-order chi connectivity index (χ0) is 41.6. The number of fused-ring (bicyclic) bond motifs is 1. The molecular formula is C43H46Cl2N8O6. The number of likely N-dealkylation sites (tertiary alicyclic amines) is 1. The molecule has 8 rings (SSSR count). The first-order valence-corrected chi connectivity index (χ1v) is 20.3. The lowest BCUT2D eigenvalue weighted by Crippen LogP contribution is -2.56. The van der Waals surface area contributed by atoms with E-state index in [0.717, 1.165) is 30.9 Å². The molecule has 0 bridgehead atoms. The van der Waals surface area contributed by atoms with E-state index < -0.39 is 11.7 Å². The minimum absolute atomic E-state index is 0.0360. The second kappa shape index (κ2) is 16.0. The molecule has 7 heterocycles. The topological polar surface area (TPSA) is 153 Å². The van der Waals surface area contributed by atoms with Crippen LogP contribution < -0.4 is 20.1 Å². The first kappa shape index (κ1) is 40.3. The summed E-state index contributed by atoms with van der Waals surface area (Å²) in [6, 6.07) is 12.9. The molecule has 1 atom stereocenters. The summed E-state index contributed by atoms with van der Waals surface area (Å²) in [7, 11) is 3.13. The van der Waals surface area contributed by atoms with Gasteiger partial charge in [0.25, 0.3) is 0 Å². The number of nitrogens with one attached hydrogen (secondary N) is 2. The fraction of sp³-hybridized carbons (Fsp3) is 0.395. The number of amides is 3. The van der Waals surface area contributed by atoms with Gasteiger partial charge >= 0.3 is 6.09 Å². The van der Waals surface area contributed by atoms with Crippen molar-refractivity contribution in [1.82, 2.24) is 39.8 Å². The Balaban J connectivity index is 1.05. The summed E-state index contributed by atoms with van der Waals surface area (Å²) < 4.78 is 19.2. The highest BCUT2D eigenvalue weighted by Crippen LogP contribution is 2.43. The molecule has 16 heteroatoms. The van der Waals surface area contributed by atoms with Crippen LogP contribution in [0.1, 0.15) is 51.3 Å². The summed E-state index contributed by atoms with van der Waals surface area (Å²) >= 11 is 14.4. The number of hydrogen-bond acceptors (Lipinski definition) is 10. The number of hydrogen-bond donors (Lipinski definition) is 2. The number of benzene rings is 1. The van der Waals surface area contributed by atoms with Crippen molar-refractivity contribution in [2.75, 3.05) is 40.4 Å². The van der Waals surface area contributed by atoms with E-state index >= 15 is 0 Å². The number of pyridine rings is 3. The van der Waals surface area contributed by atoms with Crippen LogP contribution in [-0.4, -0.2) is 99.1 Å². The van der Waals surface area contributed by atoms with Crippen LogP contribution in [0.3, 0.4) is 0 Å². The molecule has 3 fully saturated rings. The third-order valence-electron chi connectivity index (χ3n) is 10.9. The lowest BCUT2D eigenvalue weighted by molar-refractivity contribution is -0.121. The molecule has 0 unspecified atom stereocenters. The molecule has 0 saturated carbocycles. The fourth-order valence-corrected chi connectivity index (χ4v) is 8.86. The van der Waals surface area contributed by atoms with Gasteiger partial charge < -0.3 is 34.1 Å². The van der Waals surface area contributed by atoms with Crippen molar-refractivity contribution in [3.63, 3.8) is 0 Å². The van der Waals surface area contributed by atoms with Crippen molar-refractivity contribution < 1.29 is 28.6 Å². The third kappa shape index (κ3) is 8.39. The zero-order valence-electron chi connectivity index (χ0n) is 33.6. The number of methoxy groups -OCH3 is 2. The highest BCUT2D eigenvalue weighted by Gasteiger charge is 2.48. The molecule has 3 amide bonds. The number of imidazole rings is 1. The maximum Gasteiger partial charge on any atom is 0.410 e. The molecule has 1 spiro atoms. The van der Waals surface area contributed by atoms with Gasteiger partial charge in [0.1, 0.15) is 5.60 Å². The van der Waals surface area contributed by atoms with Gasteiger partial charge in [0.15, 0.2) is 11.4 Å². The van der Waals surface area contributed by atoms with E-state index in [1.807, 2.05) is 80.0 Å². The van der Waals surface area contributed by atoms with Crippen molar-refractivity contribution >= 4 is 46.8 Å². The molecule has 3 aliphatic rings. The summed E-state index contributed by atoms with van der Waals surface area (Å²) in [5, 5.41) is 6.73. The molecule has 5 aromatic rings. The van der Waals surface area contributed by atoms with Crippen LogP contribution in [0.5, 0.6) is 11.6 Å². The number of halogens is 2. The van der Waals surface area contributed by atoms with Gasteiger partial charge in [-0.15, -0.1) is 0 Å². The van der Waals surface area contributed by atoms with E-state index in [9.17, 15) is 14.4 Å². The lowest BCUT2D eigenvalue weighted by Gasteiger charge is -2.46. The van der Waals surface area contributed by atoms with E-state index in [-0.39, 0.29) is 36.4 Å². The molecule has 1 aromatic carbocycles. The number of rotatable bonds is 11. The monoisotopic (exact) mass is 840 g/mol. The van der Waals surface area contributed by atoms with Crippen LogP contribution in [0.4, 0.5) is 4.79 Å². The minimum Gasteiger partial charge on any atom is -0.493 e. The molecule has 3 aliphatic heterocycles. The van der Waals surface area contributed by atoms with Crippen molar-refractivity contribution in [1.29, 1.82) is 0 Å². The van der Waals surface area contributed by atoms with E-state index in [1.165, 1.54) is 7.11 Å². The van der Waals surface area contributed by atoms with Crippen LogP contribution in [-0.2, 0) is 27.4 Å². The zero-order valence-corrected chi connectivity index (χ0v) is 35.1. The predicted octanol–water partition coefficient (Wildman–Crippen LogP) is 6.79. The third-order valence-corrected chi connectivity index (χ3v) is 11.7. The Bertz CT molecular complexity index is 2460. The average Bonchev–Trinajstić information content (AvgIpc) is 3.91. The van der Waals surface area contributed by atoms with Gasteiger partial charge in [-0.1, -0.05) is 41.4 Å². The molecule has 14 nitrogen and oxygen atoms in total. The van der Waals surface area contributed by atoms with E-state index in [0.29, 0.717) is 86.8 Å². The summed E-state index contributed by atoms with van der Waals surface area (Å²) in [5.41, 5.74) is 5.40.